The Morgan fingerprint density at radius 3 is 2.64 bits per heavy atom. The van der Waals surface area contributed by atoms with Crippen molar-refractivity contribution in [3.8, 4) is 0 Å². The van der Waals surface area contributed by atoms with Crippen LogP contribution in [-0.2, 0) is 4.79 Å². The number of thiocarbonyl (C=S) groups is 1. The Labute approximate surface area is 94.2 Å². The summed E-state index contributed by atoms with van der Waals surface area (Å²) >= 11 is 6.62. The smallest absolute Gasteiger partial charge is 0.233 e. The van der Waals surface area contributed by atoms with E-state index in [1.807, 2.05) is 6.26 Å². The minimum Gasteiger partial charge on any atom is -0.392 e. The third kappa shape index (κ3) is 2.39. The fourth-order valence-electron chi connectivity index (χ4n) is 1.20. The number of thioether (sulfide) groups is 1. The highest BCUT2D eigenvalue weighted by molar-refractivity contribution is 7.99. The summed E-state index contributed by atoms with van der Waals surface area (Å²) in [5.74, 6) is 0.00546. The lowest BCUT2D eigenvalue weighted by Gasteiger charge is -2.15. The van der Waals surface area contributed by atoms with Crippen molar-refractivity contribution in [2.24, 2.45) is 11.1 Å². The predicted octanol–water partition coefficient (Wildman–Crippen LogP) is 0.920. The van der Waals surface area contributed by atoms with Crippen molar-refractivity contribution in [2.75, 3.05) is 12.8 Å². The van der Waals surface area contributed by atoms with Crippen LogP contribution in [0.2, 0.25) is 0 Å². The molecule has 1 unspecified atom stereocenters. The van der Waals surface area contributed by atoms with Gasteiger partial charge in [-0.25, -0.2) is 0 Å². The van der Waals surface area contributed by atoms with Crippen LogP contribution in [0.3, 0.4) is 0 Å². The van der Waals surface area contributed by atoms with Gasteiger partial charge in [0.1, 0.15) is 0 Å². The zero-order valence-electron chi connectivity index (χ0n) is 8.50. The van der Waals surface area contributed by atoms with E-state index >= 15 is 0 Å². The molecule has 1 fully saturated rings. The van der Waals surface area contributed by atoms with E-state index in [0.717, 1.165) is 12.8 Å². The summed E-state index contributed by atoms with van der Waals surface area (Å²) in [5, 5.41) is 3.32. The Hall–Kier alpha value is -0.290. The lowest BCUT2D eigenvalue weighted by Crippen LogP contribution is -2.41. The van der Waals surface area contributed by atoms with Gasteiger partial charge in [0.05, 0.1) is 10.4 Å². The summed E-state index contributed by atoms with van der Waals surface area (Å²) in [6.45, 7) is 2.76. The molecule has 1 aliphatic carbocycles. The summed E-state index contributed by atoms with van der Waals surface area (Å²) < 4.78 is 0. The number of amides is 1. The molecule has 80 valence electrons. The van der Waals surface area contributed by atoms with Crippen LogP contribution in [0.25, 0.3) is 0 Å². The molecule has 0 radical (unpaired) electrons. The molecule has 5 heteroatoms. The molecular weight excluding hydrogens is 216 g/mol. The summed E-state index contributed by atoms with van der Waals surface area (Å²) in [6.07, 6.45) is 3.64. The summed E-state index contributed by atoms with van der Waals surface area (Å²) in [7, 11) is 0. The maximum atomic E-state index is 11.7. The van der Waals surface area contributed by atoms with Gasteiger partial charge in [-0.15, -0.1) is 0 Å². The van der Waals surface area contributed by atoms with E-state index in [1.165, 1.54) is 0 Å². The fraction of sp³-hybridized carbons (Fsp3) is 0.778. The van der Waals surface area contributed by atoms with Gasteiger partial charge in [0.2, 0.25) is 5.91 Å². The second-order valence-electron chi connectivity index (χ2n) is 3.70. The molecule has 0 saturated heterocycles. The predicted molar refractivity (Wildman–Crippen MR) is 64.4 cm³/mol. The van der Waals surface area contributed by atoms with Crippen molar-refractivity contribution in [3.63, 3.8) is 0 Å². The second-order valence-corrected chi connectivity index (χ2v) is 5.42. The monoisotopic (exact) mass is 232 g/mol. The first-order chi connectivity index (χ1) is 6.53. The quantitative estimate of drug-likeness (QED) is 0.692. The van der Waals surface area contributed by atoms with E-state index in [0.29, 0.717) is 16.8 Å². The highest BCUT2D eigenvalue weighted by Gasteiger charge is 2.52. The highest BCUT2D eigenvalue weighted by Crippen LogP contribution is 2.46. The molecule has 0 aromatic carbocycles. The van der Waals surface area contributed by atoms with E-state index in [1.54, 1.807) is 11.8 Å². The fourth-order valence-corrected chi connectivity index (χ4v) is 1.75. The van der Waals surface area contributed by atoms with Gasteiger partial charge in [-0.1, -0.05) is 19.1 Å². The van der Waals surface area contributed by atoms with Crippen molar-refractivity contribution in [3.05, 3.63) is 0 Å². The number of carbonyl (C=O) groups excluding carboxylic acids is 1. The maximum absolute atomic E-state index is 11.7. The number of rotatable bonds is 5. The Balaban J connectivity index is 2.39. The number of carbonyl (C=O) groups is 1. The number of hydrogen-bond donors (Lipinski definition) is 2. The van der Waals surface area contributed by atoms with Crippen LogP contribution in [0.5, 0.6) is 0 Å². The molecule has 0 spiro atoms. The second kappa shape index (κ2) is 4.49. The molecule has 1 aliphatic rings. The first-order valence-electron chi connectivity index (χ1n) is 4.64. The van der Waals surface area contributed by atoms with E-state index < -0.39 is 5.41 Å². The number of hydrogen-bond acceptors (Lipinski definition) is 3. The van der Waals surface area contributed by atoms with Crippen molar-refractivity contribution >= 4 is 34.9 Å². The van der Waals surface area contributed by atoms with Crippen LogP contribution in [0.15, 0.2) is 0 Å². The van der Waals surface area contributed by atoms with E-state index in [-0.39, 0.29) is 5.91 Å². The molecule has 1 atom stereocenters. The topological polar surface area (TPSA) is 55.1 Å². The number of nitrogens with two attached hydrogens (primary N) is 1. The molecule has 3 N–H and O–H groups in total. The molecule has 0 heterocycles. The van der Waals surface area contributed by atoms with Crippen molar-refractivity contribution in [1.29, 1.82) is 0 Å². The molecule has 1 amide bonds. The molecule has 14 heavy (non-hydrogen) atoms. The van der Waals surface area contributed by atoms with Gasteiger partial charge in [-0.05, 0) is 19.1 Å². The van der Waals surface area contributed by atoms with E-state index in [9.17, 15) is 4.79 Å². The Kier molecular flexibility index (Phi) is 3.78. The lowest BCUT2D eigenvalue weighted by molar-refractivity contribution is -0.123. The van der Waals surface area contributed by atoms with Gasteiger partial charge in [-0.2, -0.15) is 11.8 Å². The first kappa shape index (κ1) is 11.8. The van der Waals surface area contributed by atoms with Crippen LogP contribution < -0.4 is 11.1 Å². The van der Waals surface area contributed by atoms with Crippen LogP contribution in [-0.4, -0.2) is 28.9 Å². The average molecular weight is 232 g/mol. The molecule has 1 rings (SSSR count). The molecule has 0 aromatic heterocycles. The zero-order chi connectivity index (χ0) is 10.8. The van der Waals surface area contributed by atoms with Crippen LogP contribution in [0.4, 0.5) is 0 Å². The Morgan fingerprint density at radius 2 is 2.29 bits per heavy atom. The lowest BCUT2D eigenvalue weighted by atomic mass is 10.1. The van der Waals surface area contributed by atoms with Gasteiger partial charge >= 0.3 is 0 Å². The Morgan fingerprint density at radius 1 is 1.71 bits per heavy atom. The first-order valence-corrected chi connectivity index (χ1v) is 6.33. The maximum Gasteiger partial charge on any atom is 0.233 e. The standard InChI is InChI=1S/C9H16N2OS2/c1-6(14-2)5-11-8(12)9(3-4-9)7(10)13/h6H,3-5H2,1-2H3,(H2,10,13)(H,11,12). The third-order valence-corrected chi connectivity index (χ3v) is 3.97. The minimum atomic E-state index is -0.506. The normalized spacial score (nSPS) is 19.9. The summed E-state index contributed by atoms with van der Waals surface area (Å²) in [4.78, 5) is 12.0. The van der Waals surface area contributed by atoms with Crippen molar-refractivity contribution in [1.82, 2.24) is 5.32 Å². The van der Waals surface area contributed by atoms with Gasteiger partial charge in [0.15, 0.2) is 0 Å². The molecule has 3 nitrogen and oxygen atoms in total. The summed E-state index contributed by atoms with van der Waals surface area (Å²) in [5.41, 5.74) is 5.03. The van der Waals surface area contributed by atoms with Gasteiger partial charge < -0.3 is 11.1 Å². The molecular formula is C9H16N2OS2. The van der Waals surface area contributed by atoms with Crippen molar-refractivity contribution < 1.29 is 4.79 Å². The number of nitrogens with one attached hydrogen (secondary N) is 1. The van der Waals surface area contributed by atoms with Crippen LogP contribution in [0.1, 0.15) is 19.8 Å². The van der Waals surface area contributed by atoms with E-state index in [2.05, 4.69) is 12.2 Å². The largest absolute Gasteiger partial charge is 0.392 e. The Bertz CT molecular complexity index is 251. The van der Waals surface area contributed by atoms with Crippen LogP contribution >= 0.6 is 24.0 Å². The summed E-state index contributed by atoms with van der Waals surface area (Å²) in [6, 6.07) is 0. The average Bonchev–Trinajstić information content (AvgIpc) is 2.94. The van der Waals surface area contributed by atoms with Gasteiger partial charge in [-0.3, -0.25) is 4.79 Å². The van der Waals surface area contributed by atoms with Crippen LogP contribution in [0, 0.1) is 5.41 Å². The van der Waals surface area contributed by atoms with Gasteiger partial charge in [0.25, 0.3) is 0 Å². The molecule has 0 aromatic rings. The minimum absolute atomic E-state index is 0.00546. The highest BCUT2D eigenvalue weighted by atomic mass is 32.2. The SMILES string of the molecule is CSC(C)CNC(=O)C1(C(N)=S)CC1. The van der Waals surface area contributed by atoms with E-state index in [4.69, 9.17) is 18.0 Å². The molecule has 0 aliphatic heterocycles. The molecule has 0 bridgehead atoms. The van der Waals surface area contributed by atoms with Crippen molar-refractivity contribution in [2.45, 2.75) is 25.0 Å². The molecule has 1 saturated carbocycles. The van der Waals surface area contributed by atoms with Gasteiger partial charge in [0, 0.05) is 11.8 Å². The zero-order valence-corrected chi connectivity index (χ0v) is 10.1. The third-order valence-electron chi connectivity index (χ3n) is 2.61.